The Hall–Kier alpha value is -1.55. The molecule has 0 aliphatic heterocycles. The van der Waals surface area contributed by atoms with Gasteiger partial charge in [0.25, 0.3) is 0 Å². The fraction of sp³-hybridized carbons (Fsp3) is 0.273. The summed E-state index contributed by atoms with van der Waals surface area (Å²) in [4.78, 5) is 21.9. The van der Waals surface area contributed by atoms with Crippen molar-refractivity contribution in [2.75, 3.05) is 5.32 Å². The number of carbonyl (C=O) groups is 2. The topological polar surface area (TPSA) is 55.4 Å². The van der Waals surface area contributed by atoms with Gasteiger partial charge in [-0.2, -0.15) is 0 Å². The van der Waals surface area contributed by atoms with Crippen LogP contribution >= 0.6 is 11.6 Å². The van der Waals surface area contributed by atoms with Gasteiger partial charge in [-0.05, 0) is 32.0 Å². The van der Waals surface area contributed by atoms with Gasteiger partial charge in [0.1, 0.15) is 0 Å². The molecule has 0 aliphatic carbocycles. The first-order valence-corrected chi connectivity index (χ1v) is 5.13. The van der Waals surface area contributed by atoms with Crippen molar-refractivity contribution >= 4 is 29.7 Å². The second kappa shape index (κ2) is 5.51. The molecule has 0 atom stereocenters. The van der Waals surface area contributed by atoms with Crippen LogP contribution < -0.4 is 5.32 Å². The highest BCUT2D eigenvalue weighted by Gasteiger charge is 2.07. The lowest BCUT2D eigenvalue weighted by molar-refractivity contribution is 0.112. The Balaban J connectivity index is 2.74. The molecule has 0 unspecified atom stereocenters. The second-order valence-corrected chi connectivity index (χ2v) is 3.84. The number of anilines is 1. The van der Waals surface area contributed by atoms with Crippen molar-refractivity contribution < 1.29 is 14.3 Å². The molecule has 0 aliphatic rings. The molecule has 0 saturated carbocycles. The Morgan fingerprint density at radius 1 is 1.50 bits per heavy atom. The maximum absolute atomic E-state index is 11.3. The van der Waals surface area contributed by atoms with Gasteiger partial charge in [0, 0.05) is 11.3 Å². The van der Waals surface area contributed by atoms with Crippen molar-refractivity contribution in [1.82, 2.24) is 0 Å². The molecule has 4 nitrogen and oxygen atoms in total. The predicted molar refractivity (Wildman–Crippen MR) is 62.1 cm³/mol. The third kappa shape index (κ3) is 3.55. The fourth-order valence-electron chi connectivity index (χ4n) is 1.07. The molecule has 0 heterocycles. The average molecular weight is 242 g/mol. The number of halogens is 1. The van der Waals surface area contributed by atoms with Gasteiger partial charge in [-0.25, -0.2) is 4.79 Å². The van der Waals surface area contributed by atoms with E-state index in [1.54, 1.807) is 19.9 Å². The van der Waals surface area contributed by atoms with Crippen molar-refractivity contribution in [3.63, 3.8) is 0 Å². The first kappa shape index (κ1) is 12.5. The highest BCUT2D eigenvalue weighted by Crippen LogP contribution is 2.19. The van der Waals surface area contributed by atoms with Gasteiger partial charge in [-0.1, -0.05) is 11.6 Å². The molecule has 1 aromatic rings. The lowest BCUT2D eigenvalue weighted by Crippen LogP contribution is -2.18. The van der Waals surface area contributed by atoms with Gasteiger partial charge in [-0.15, -0.1) is 0 Å². The first-order chi connectivity index (χ1) is 7.52. The standard InChI is InChI=1S/C11H12ClNO3/c1-7(2)16-11(15)13-9-3-4-10(12)8(5-9)6-14/h3-7H,1-2H3,(H,13,15). The normalized spacial score (nSPS) is 10.0. The minimum Gasteiger partial charge on any atom is -0.447 e. The zero-order chi connectivity index (χ0) is 12.1. The van der Waals surface area contributed by atoms with Crippen molar-refractivity contribution in [3.05, 3.63) is 28.8 Å². The smallest absolute Gasteiger partial charge is 0.411 e. The Labute approximate surface area is 98.5 Å². The molecule has 0 spiro atoms. The monoisotopic (exact) mass is 241 g/mol. The minimum absolute atomic E-state index is 0.196. The number of hydrogen-bond donors (Lipinski definition) is 1. The molecule has 5 heteroatoms. The highest BCUT2D eigenvalue weighted by atomic mass is 35.5. The summed E-state index contributed by atoms with van der Waals surface area (Å²) in [6.45, 7) is 3.50. The van der Waals surface area contributed by atoms with Crippen molar-refractivity contribution in [2.24, 2.45) is 0 Å². The molecular weight excluding hydrogens is 230 g/mol. The molecule has 1 N–H and O–H groups in total. The predicted octanol–water partition coefficient (Wildman–Crippen LogP) is 3.11. The largest absolute Gasteiger partial charge is 0.447 e. The quantitative estimate of drug-likeness (QED) is 0.828. The molecule has 1 aromatic carbocycles. The molecule has 0 aromatic heterocycles. The van der Waals surface area contributed by atoms with E-state index in [1.807, 2.05) is 0 Å². The summed E-state index contributed by atoms with van der Waals surface area (Å²) in [5.41, 5.74) is 0.793. The Bertz CT molecular complexity index is 404. The second-order valence-electron chi connectivity index (χ2n) is 3.43. The summed E-state index contributed by atoms with van der Waals surface area (Å²) in [5.74, 6) is 0. The lowest BCUT2D eigenvalue weighted by atomic mass is 10.2. The zero-order valence-corrected chi connectivity index (χ0v) is 9.75. The maximum atomic E-state index is 11.3. The zero-order valence-electron chi connectivity index (χ0n) is 8.99. The van der Waals surface area contributed by atoms with E-state index in [0.29, 0.717) is 22.6 Å². The summed E-state index contributed by atoms with van der Waals surface area (Å²) >= 11 is 5.74. The average Bonchev–Trinajstić information content (AvgIpc) is 2.19. The van der Waals surface area contributed by atoms with E-state index in [1.165, 1.54) is 12.1 Å². The summed E-state index contributed by atoms with van der Waals surface area (Å²) in [6.07, 6.45) is -0.131. The minimum atomic E-state index is -0.561. The van der Waals surface area contributed by atoms with Gasteiger partial charge >= 0.3 is 6.09 Å². The van der Waals surface area contributed by atoms with Crippen LogP contribution in [0.5, 0.6) is 0 Å². The highest BCUT2D eigenvalue weighted by molar-refractivity contribution is 6.33. The summed E-state index contributed by atoms with van der Waals surface area (Å²) in [6, 6.07) is 4.62. The van der Waals surface area contributed by atoms with E-state index in [4.69, 9.17) is 16.3 Å². The summed E-state index contributed by atoms with van der Waals surface area (Å²) in [7, 11) is 0. The van der Waals surface area contributed by atoms with E-state index < -0.39 is 6.09 Å². The molecule has 1 amide bonds. The molecule has 0 fully saturated rings. The van der Waals surface area contributed by atoms with E-state index in [9.17, 15) is 9.59 Å². The van der Waals surface area contributed by atoms with E-state index in [-0.39, 0.29) is 6.10 Å². The molecular formula is C11H12ClNO3. The molecule has 1 rings (SSSR count). The molecule has 16 heavy (non-hydrogen) atoms. The maximum Gasteiger partial charge on any atom is 0.411 e. The van der Waals surface area contributed by atoms with Crippen LogP contribution in [0.2, 0.25) is 5.02 Å². The van der Waals surface area contributed by atoms with E-state index in [2.05, 4.69) is 5.32 Å². The molecule has 0 bridgehead atoms. The van der Waals surface area contributed by atoms with Gasteiger partial charge in [-0.3, -0.25) is 10.1 Å². The molecule has 86 valence electrons. The van der Waals surface area contributed by atoms with Crippen LogP contribution in [0.1, 0.15) is 24.2 Å². The van der Waals surface area contributed by atoms with Crippen LogP contribution in [-0.2, 0) is 4.74 Å². The van der Waals surface area contributed by atoms with Crippen molar-refractivity contribution in [3.8, 4) is 0 Å². The SMILES string of the molecule is CC(C)OC(=O)Nc1ccc(Cl)c(C=O)c1. The summed E-state index contributed by atoms with van der Waals surface area (Å²) in [5, 5.41) is 2.84. The van der Waals surface area contributed by atoms with Gasteiger partial charge in [0.2, 0.25) is 0 Å². The molecule has 0 saturated heterocycles. The van der Waals surface area contributed by atoms with Crippen LogP contribution in [0.3, 0.4) is 0 Å². The Morgan fingerprint density at radius 2 is 2.19 bits per heavy atom. The van der Waals surface area contributed by atoms with Crippen molar-refractivity contribution in [1.29, 1.82) is 0 Å². The number of benzene rings is 1. The number of rotatable bonds is 3. The number of nitrogens with one attached hydrogen (secondary N) is 1. The third-order valence-corrected chi connectivity index (χ3v) is 2.06. The number of carbonyl (C=O) groups excluding carboxylic acids is 2. The van der Waals surface area contributed by atoms with Gasteiger partial charge < -0.3 is 4.74 Å². The van der Waals surface area contributed by atoms with Crippen LogP contribution in [0.15, 0.2) is 18.2 Å². The number of amides is 1. The number of hydrogen-bond acceptors (Lipinski definition) is 3. The van der Waals surface area contributed by atoms with Gasteiger partial charge in [0.05, 0.1) is 11.1 Å². The van der Waals surface area contributed by atoms with Crippen LogP contribution in [-0.4, -0.2) is 18.5 Å². The Kier molecular flexibility index (Phi) is 4.31. The Morgan fingerprint density at radius 3 is 2.75 bits per heavy atom. The number of ether oxygens (including phenoxy) is 1. The third-order valence-electron chi connectivity index (χ3n) is 1.71. The van der Waals surface area contributed by atoms with Crippen LogP contribution in [0.4, 0.5) is 10.5 Å². The first-order valence-electron chi connectivity index (χ1n) is 4.75. The van der Waals surface area contributed by atoms with Crippen molar-refractivity contribution in [2.45, 2.75) is 20.0 Å². The van der Waals surface area contributed by atoms with E-state index in [0.717, 1.165) is 0 Å². The van der Waals surface area contributed by atoms with Crippen LogP contribution in [0, 0.1) is 0 Å². The lowest BCUT2D eigenvalue weighted by Gasteiger charge is -2.09. The summed E-state index contributed by atoms with van der Waals surface area (Å²) < 4.78 is 4.89. The van der Waals surface area contributed by atoms with E-state index >= 15 is 0 Å². The fourth-order valence-corrected chi connectivity index (χ4v) is 1.24. The van der Waals surface area contributed by atoms with Crippen LogP contribution in [0.25, 0.3) is 0 Å². The molecule has 0 radical (unpaired) electrons. The number of aldehydes is 1. The van der Waals surface area contributed by atoms with Gasteiger partial charge in [0.15, 0.2) is 6.29 Å².